The van der Waals surface area contributed by atoms with E-state index in [4.69, 9.17) is 10.5 Å². The van der Waals surface area contributed by atoms with Crippen LogP contribution in [0, 0.1) is 0 Å². The molecule has 0 saturated carbocycles. The minimum Gasteiger partial charge on any atom is -0.448 e. The molecule has 1 rings (SSSR count). The van der Waals surface area contributed by atoms with Crippen LogP contribution in [0.2, 0.25) is 0 Å². The highest BCUT2D eigenvalue weighted by atomic mass is 16.6. The molecule has 1 aliphatic rings. The summed E-state index contributed by atoms with van der Waals surface area (Å²) in [6.45, 7) is 0.600. The quantitative estimate of drug-likeness (QED) is 0.425. The molecule has 0 amide bonds. The van der Waals surface area contributed by atoms with Gasteiger partial charge in [-0.3, -0.25) is 5.73 Å². The average molecular weight is 145 g/mol. The number of hydrogen-bond acceptors (Lipinski definition) is 4. The van der Waals surface area contributed by atoms with Crippen LogP contribution in [0.5, 0.6) is 0 Å². The summed E-state index contributed by atoms with van der Waals surface area (Å²) in [4.78, 5) is 10.8. The molecule has 0 aromatic carbocycles. The van der Waals surface area contributed by atoms with Gasteiger partial charge in [0, 0.05) is 6.61 Å². The summed E-state index contributed by atoms with van der Waals surface area (Å²) in [6, 6.07) is 0. The van der Waals surface area contributed by atoms with Crippen LogP contribution < -0.4 is 5.73 Å². The molecule has 10 heavy (non-hydrogen) atoms. The van der Waals surface area contributed by atoms with E-state index in [1.54, 1.807) is 0 Å². The Kier molecular flexibility index (Phi) is 2.65. The molecule has 1 aliphatic heterocycles. The molecule has 0 spiro atoms. The lowest BCUT2D eigenvalue weighted by molar-refractivity contribution is -0.153. The second kappa shape index (κ2) is 3.53. The summed E-state index contributed by atoms with van der Waals surface area (Å²) in [5, 5.41) is 0. The third-order valence-electron chi connectivity index (χ3n) is 1.42. The van der Waals surface area contributed by atoms with E-state index in [-0.39, 0.29) is 18.8 Å². The van der Waals surface area contributed by atoms with Gasteiger partial charge in [-0.15, -0.1) is 0 Å². The molecular formula is C6H11NO3. The van der Waals surface area contributed by atoms with Crippen molar-refractivity contribution in [3.63, 3.8) is 0 Å². The summed E-state index contributed by atoms with van der Waals surface area (Å²) in [6.07, 6.45) is 1.34. The zero-order valence-electron chi connectivity index (χ0n) is 5.71. The second-order valence-corrected chi connectivity index (χ2v) is 2.13. The highest BCUT2D eigenvalue weighted by Crippen LogP contribution is 2.12. The monoisotopic (exact) mass is 145 g/mol. The smallest absolute Gasteiger partial charge is 0.336 e. The van der Waals surface area contributed by atoms with Gasteiger partial charge in [-0.1, -0.05) is 0 Å². The SMILES string of the molecule is NCOC(=O)[C@H]1CCCO1. The molecular weight excluding hydrogens is 134 g/mol. The summed E-state index contributed by atoms with van der Waals surface area (Å²) in [7, 11) is 0. The molecule has 58 valence electrons. The van der Waals surface area contributed by atoms with Crippen LogP contribution in [0.4, 0.5) is 0 Å². The number of rotatable bonds is 2. The first kappa shape index (κ1) is 7.50. The van der Waals surface area contributed by atoms with Crippen LogP contribution in [-0.2, 0) is 14.3 Å². The molecule has 1 atom stereocenters. The molecule has 0 radical (unpaired) electrons. The number of nitrogens with two attached hydrogens (primary N) is 1. The van der Waals surface area contributed by atoms with Gasteiger partial charge >= 0.3 is 5.97 Å². The first-order valence-electron chi connectivity index (χ1n) is 3.33. The molecule has 4 nitrogen and oxygen atoms in total. The van der Waals surface area contributed by atoms with E-state index in [1.165, 1.54) is 0 Å². The van der Waals surface area contributed by atoms with Crippen molar-refractivity contribution in [2.45, 2.75) is 18.9 Å². The fourth-order valence-corrected chi connectivity index (χ4v) is 0.939. The molecule has 1 fully saturated rings. The lowest BCUT2D eigenvalue weighted by atomic mass is 10.2. The molecule has 1 saturated heterocycles. The van der Waals surface area contributed by atoms with Gasteiger partial charge in [0.15, 0.2) is 6.10 Å². The third kappa shape index (κ3) is 1.68. The van der Waals surface area contributed by atoms with Crippen molar-refractivity contribution in [1.82, 2.24) is 0 Å². The molecule has 4 heteroatoms. The maximum Gasteiger partial charge on any atom is 0.336 e. The van der Waals surface area contributed by atoms with E-state index in [0.717, 1.165) is 12.8 Å². The predicted octanol–water partition coefficient (Wildman–Crippen LogP) is -0.375. The van der Waals surface area contributed by atoms with Gasteiger partial charge in [0.2, 0.25) is 0 Å². The van der Waals surface area contributed by atoms with Gasteiger partial charge < -0.3 is 9.47 Å². The van der Waals surface area contributed by atoms with Crippen molar-refractivity contribution in [2.75, 3.05) is 13.3 Å². The van der Waals surface area contributed by atoms with Crippen molar-refractivity contribution >= 4 is 5.97 Å². The molecule has 0 aromatic rings. The lowest BCUT2D eigenvalue weighted by Crippen LogP contribution is -2.24. The standard InChI is InChI=1S/C6H11NO3/c7-4-10-6(8)5-2-1-3-9-5/h5H,1-4,7H2/t5-/m1/s1. The third-order valence-corrected chi connectivity index (χ3v) is 1.42. The van der Waals surface area contributed by atoms with Gasteiger partial charge in [0.25, 0.3) is 0 Å². The fraction of sp³-hybridized carbons (Fsp3) is 0.833. The van der Waals surface area contributed by atoms with E-state index < -0.39 is 0 Å². The van der Waals surface area contributed by atoms with E-state index >= 15 is 0 Å². The molecule has 0 aromatic heterocycles. The Balaban J connectivity index is 2.25. The molecule has 2 N–H and O–H groups in total. The van der Waals surface area contributed by atoms with E-state index in [0.29, 0.717) is 6.61 Å². The van der Waals surface area contributed by atoms with Crippen LogP contribution in [0.25, 0.3) is 0 Å². The average Bonchev–Trinajstić information content (AvgIpc) is 2.38. The Bertz CT molecular complexity index is 120. The molecule has 1 heterocycles. The number of ether oxygens (including phenoxy) is 2. The maximum absolute atomic E-state index is 10.8. The van der Waals surface area contributed by atoms with Gasteiger partial charge in [-0.05, 0) is 12.8 Å². The van der Waals surface area contributed by atoms with Crippen molar-refractivity contribution in [2.24, 2.45) is 5.73 Å². The first-order chi connectivity index (χ1) is 4.84. The minimum absolute atomic E-state index is 0.0569. The van der Waals surface area contributed by atoms with E-state index in [9.17, 15) is 4.79 Å². The highest BCUT2D eigenvalue weighted by molar-refractivity contribution is 5.74. The largest absolute Gasteiger partial charge is 0.448 e. The van der Waals surface area contributed by atoms with E-state index in [2.05, 4.69) is 4.74 Å². The molecule has 0 bridgehead atoms. The highest BCUT2D eigenvalue weighted by Gasteiger charge is 2.24. The summed E-state index contributed by atoms with van der Waals surface area (Å²) >= 11 is 0. The molecule has 0 unspecified atom stereocenters. The lowest BCUT2D eigenvalue weighted by Gasteiger charge is -2.06. The van der Waals surface area contributed by atoms with Crippen molar-refractivity contribution in [3.8, 4) is 0 Å². The van der Waals surface area contributed by atoms with Crippen molar-refractivity contribution < 1.29 is 14.3 Å². The maximum atomic E-state index is 10.8. The van der Waals surface area contributed by atoms with Crippen LogP contribution in [0.3, 0.4) is 0 Å². The van der Waals surface area contributed by atoms with Gasteiger partial charge in [-0.2, -0.15) is 0 Å². The number of hydrogen-bond donors (Lipinski definition) is 1. The van der Waals surface area contributed by atoms with Crippen LogP contribution >= 0.6 is 0 Å². The molecule has 0 aliphatic carbocycles. The topological polar surface area (TPSA) is 61.5 Å². The second-order valence-electron chi connectivity index (χ2n) is 2.13. The number of esters is 1. The van der Waals surface area contributed by atoms with Crippen molar-refractivity contribution in [3.05, 3.63) is 0 Å². The summed E-state index contributed by atoms with van der Waals surface area (Å²) in [5.41, 5.74) is 5.00. The Morgan fingerprint density at radius 1 is 1.80 bits per heavy atom. The zero-order valence-corrected chi connectivity index (χ0v) is 5.71. The fourth-order valence-electron chi connectivity index (χ4n) is 0.939. The summed E-state index contributed by atoms with van der Waals surface area (Å²) in [5.74, 6) is -0.333. The van der Waals surface area contributed by atoms with Crippen LogP contribution in [-0.4, -0.2) is 25.4 Å². The number of carbonyl (C=O) groups is 1. The first-order valence-corrected chi connectivity index (χ1v) is 3.33. The Morgan fingerprint density at radius 2 is 2.60 bits per heavy atom. The van der Waals surface area contributed by atoms with Crippen LogP contribution in [0.1, 0.15) is 12.8 Å². The van der Waals surface area contributed by atoms with E-state index in [1.807, 2.05) is 0 Å². The Hall–Kier alpha value is -0.610. The van der Waals surface area contributed by atoms with Gasteiger partial charge in [-0.25, -0.2) is 4.79 Å². The Morgan fingerprint density at radius 3 is 3.10 bits per heavy atom. The predicted molar refractivity (Wildman–Crippen MR) is 34.1 cm³/mol. The Labute approximate surface area is 59.3 Å². The summed E-state index contributed by atoms with van der Waals surface area (Å²) < 4.78 is 9.58. The van der Waals surface area contributed by atoms with Crippen LogP contribution in [0.15, 0.2) is 0 Å². The normalized spacial score (nSPS) is 24.7. The number of carbonyl (C=O) groups excluding carboxylic acids is 1. The zero-order chi connectivity index (χ0) is 7.40. The minimum atomic E-state index is -0.358. The van der Waals surface area contributed by atoms with Gasteiger partial charge in [0.05, 0.1) is 0 Å². The van der Waals surface area contributed by atoms with Crippen molar-refractivity contribution in [1.29, 1.82) is 0 Å². The van der Waals surface area contributed by atoms with Gasteiger partial charge in [0.1, 0.15) is 6.73 Å².